The Morgan fingerprint density at radius 3 is 2.72 bits per heavy atom. The van der Waals surface area contributed by atoms with Crippen LogP contribution in [-0.2, 0) is 0 Å². The van der Waals surface area contributed by atoms with Gasteiger partial charge in [0, 0.05) is 10.6 Å². The summed E-state index contributed by atoms with van der Waals surface area (Å²) in [5.41, 5.74) is 1.63. The van der Waals surface area contributed by atoms with Gasteiger partial charge in [-0.2, -0.15) is 5.26 Å². The van der Waals surface area contributed by atoms with Crippen LogP contribution < -0.4 is 4.74 Å². The molecule has 0 aliphatic carbocycles. The van der Waals surface area contributed by atoms with Crippen molar-refractivity contribution in [2.45, 2.75) is 0 Å². The Morgan fingerprint density at radius 1 is 1.28 bits per heavy atom. The Labute approximate surface area is 109 Å². The zero-order valence-corrected chi connectivity index (χ0v) is 10.3. The van der Waals surface area contributed by atoms with Gasteiger partial charge in [0.2, 0.25) is 0 Å². The van der Waals surface area contributed by atoms with E-state index in [2.05, 4.69) is 0 Å². The molecule has 0 saturated heterocycles. The summed E-state index contributed by atoms with van der Waals surface area (Å²) in [5.74, 6) is -0.308. The van der Waals surface area contributed by atoms with Gasteiger partial charge in [0.15, 0.2) is 11.6 Å². The molecule has 0 fully saturated rings. The molecule has 0 unspecified atom stereocenters. The molecular formula is C14H9ClFNO. The smallest absolute Gasteiger partial charge is 0.165 e. The third-order valence-electron chi connectivity index (χ3n) is 2.51. The molecule has 0 bridgehead atoms. The van der Waals surface area contributed by atoms with Crippen molar-refractivity contribution in [1.29, 1.82) is 5.26 Å². The van der Waals surface area contributed by atoms with E-state index in [0.29, 0.717) is 21.7 Å². The topological polar surface area (TPSA) is 33.0 Å². The molecule has 0 aliphatic rings. The van der Waals surface area contributed by atoms with Crippen LogP contribution in [0.25, 0.3) is 11.1 Å². The van der Waals surface area contributed by atoms with Crippen molar-refractivity contribution in [2.24, 2.45) is 0 Å². The number of nitriles is 1. The van der Waals surface area contributed by atoms with E-state index in [4.69, 9.17) is 21.6 Å². The number of hydrogen-bond donors (Lipinski definition) is 0. The van der Waals surface area contributed by atoms with Gasteiger partial charge in [0.05, 0.1) is 18.7 Å². The Kier molecular flexibility index (Phi) is 3.50. The monoisotopic (exact) mass is 261 g/mol. The molecule has 18 heavy (non-hydrogen) atoms. The molecule has 0 aromatic heterocycles. The van der Waals surface area contributed by atoms with Crippen molar-refractivity contribution in [3.05, 3.63) is 52.8 Å². The predicted molar refractivity (Wildman–Crippen MR) is 68.1 cm³/mol. The van der Waals surface area contributed by atoms with Crippen molar-refractivity contribution in [2.75, 3.05) is 7.11 Å². The number of benzene rings is 2. The van der Waals surface area contributed by atoms with Crippen molar-refractivity contribution in [3.63, 3.8) is 0 Å². The van der Waals surface area contributed by atoms with Gasteiger partial charge in [-0.1, -0.05) is 23.7 Å². The summed E-state index contributed by atoms with van der Waals surface area (Å²) in [4.78, 5) is 0. The number of halogens is 2. The lowest BCUT2D eigenvalue weighted by Crippen LogP contribution is -1.92. The molecule has 0 spiro atoms. The van der Waals surface area contributed by atoms with E-state index in [9.17, 15) is 4.39 Å². The van der Waals surface area contributed by atoms with Crippen LogP contribution in [0, 0.1) is 17.1 Å². The van der Waals surface area contributed by atoms with Crippen LogP contribution in [-0.4, -0.2) is 7.11 Å². The van der Waals surface area contributed by atoms with Gasteiger partial charge in [-0.3, -0.25) is 0 Å². The Morgan fingerprint density at radius 2 is 2.06 bits per heavy atom. The molecule has 2 aromatic rings. The number of nitrogens with zero attached hydrogens (tertiary/aromatic N) is 1. The standard InChI is InChI=1S/C14H9ClFNO/c1-18-14-12(3-2-4-13(14)16)10-5-9(8-17)6-11(15)7-10/h2-7H,1H3. The normalized spacial score (nSPS) is 9.89. The maximum absolute atomic E-state index is 13.6. The van der Waals surface area contributed by atoms with E-state index in [1.165, 1.54) is 13.2 Å². The minimum atomic E-state index is -0.450. The predicted octanol–water partition coefficient (Wildman–Crippen LogP) is 4.03. The van der Waals surface area contributed by atoms with Crippen molar-refractivity contribution in [1.82, 2.24) is 0 Å². The quantitative estimate of drug-likeness (QED) is 0.818. The van der Waals surface area contributed by atoms with Crippen molar-refractivity contribution >= 4 is 11.6 Å². The molecule has 0 radical (unpaired) electrons. The van der Waals surface area contributed by atoms with Crippen LogP contribution in [0.3, 0.4) is 0 Å². The number of methoxy groups -OCH3 is 1. The number of rotatable bonds is 2. The first kappa shape index (κ1) is 12.4. The summed E-state index contributed by atoms with van der Waals surface area (Å²) >= 11 is 5.93. The van der Waals surface area contributed by atoms with E-state index >= 15 is 0 Å². The van der Waals surface area contributed by atoms with E-state index in [1.807, 2.05) is 6.07 Å². The Hall–Kier alpha value is -2.05. The van der Waals surface area contributed by atoms with Crippen molar-refractivity contribution in [3.8, 4) is 22.9 Å². The second-order valence-corrected chi connectivity index (χ2v) is 4.10. The molecule has 4 heteroatoms. The molecule has 90 valence electrons. The first-order chi connectivity index (χ1) is 8.65. The summed E-state index contributed by atoms with van der Waals surface area (Å²) in [6.45, 7) is 0. The second kappa shape index (κ2) is 5.07. The molecule has 2 rings (SSSR count). The summed E-state index contributed by atoms with van der Waals surface area (Å²) in [7, 11) is 1.40. The minimum Gasteiger partial charge on any atom is -0.493 e. The summed E-state index contributed by atoms with van der Waals surface area (Å²) in [6, 6.07) is 11.5. The van der Waals surface area contributed by atoms with Gasteiger partial charge in [-0.25, -0.2) is 4.39 Å². The molecular weight excluding hydrogens is 253 g/mol. The van der Waals surface area contributed by atoms with Crippen LogP contribution in [0.5, 0.6) is 5.75 Å². The van der Waals surface area contributed by atoms with Gasteiger partial charge < -0.3 is 4.74 Å². The lowest BCUT2D eigenvalue weighted by Gasteiger charge is -2.10. The fourth-order valence-corrected chi connectivity index (χ4v) is 1.99. The highest BCUT2D eigenvalue weighted by atomic mass is 35.5. The summed E-state index contributed by atoms with van der Waals surface area (Å²) in [6.07, 6.45) is 0. The number of hydrogen-bond acceptors (Lipinski definition) is 2. The van der Waals surface area contributed by atoms with Gasteiger partial charge in [-0.05, 0) is 29.8 Å². The molecule has 2 aromatic carbocycles. The first-order valence-electron chi connectivity index (χ1n) is 5.19. The van der Waals surface area contributed by atoms with Crippen LogP contribution >= 0.6 is 11.6 Å². The average Bonchev–Trinajstić information content (AvgIpc) is 2.37. The average molecular weight is 262 g/mol. The van der Waals surface area contributed by atoms with Gasteiger partial charge in [0.1, 0.15) is 0 Å². The third kappa shape index (κ3) is 2.29. The lowest BCUT2D eigenvalue weighted by molar-refractivity contribution is 0.388. The molecule has 0 N–H and O–H groups in total. The highest BCUT2D eigenvalue weighted by Crippen LogP contribution is 2.34. The van der Waals surface area contributed by atoms with E-state index in [1.54, 1.807) is 30.3 Å². The lowest BCUT2D eigenvalue weighted by atomic mass is 10.0. The molecule has 0 amide bonds. The Balaban J connectivity index is 2.66. The van der Waals surface area contributed by atoms with Crippen molar-refractivity contribution < 1.29 is 9.13 Å². The first-order valence-corrected chi connectivity index (χ1v) is 5.57. The number of ether oxygens (including phenoxy) is 1. The van der Waals surface area contributed by atoms with Crippen LogP contribution in [0.4, 0.5) is 4.39 Å². The third-order valence-corrected chi connectivity index (χ3v) is 2.73. The van der Waals surface area contributed by atoms with Gasteiger partial charge in [-0.15, -0.1) is 0 Å². The fraction of sp³-hybridized carbons (Fsp3) is 0.0714. The summed E-state index contributed by atoms with van der Waals surface area (Å²) < 4.78 is 18.6. The molecule has 2 nitrogen and oxygen atoms in total. The largest absolute Gasteiger partial charge is 0.493 e. The van der Waals surface area contributed by atoms with E-state index < -0.39 is 5.82 Å². The molecule has 0 heterocycles. The maximum Gasteiger partial charge on any atom is 0.165 e. The minimum absolute atomic E-state index is 0.142. The highest BCUT2D eigenvalue weighted by molar-refractivity contribution is 6.31. The van der Waals surface area contributed by atoms with Gasteiger partial charge >= 0.3 is 0 Å². The Bertz CT molecular complexity index is 634. The van der Waals surface area contributed by atoms with Crippen LogP contribution in [0.2, 0.25) is 5.02 Å². The SMILES string of the molecule is COc1c(F)cccc1-c1cc(Cl)cc(C#N)c1. The summed E-state index contributed by atoms with van der Waals surface area (Å²) in [5, 5.41) is 9.33. The van der Waals surface area contributed by atoms with Crippen LogP contribution in [0.1, 0.15) is 5.56 Å². The van der Waals surface area contributed by atoms with E-state index in [-0.39, 0.29) is 5.75 Å². The highest BCUT2D eigenvalue weighted by Gasteiger charge is 2.11. The molecule has 0 atom stereocenters. The maximum atomic E-state index is 13.6. The van der Waals surface area contributed by atoms with Crippen LogP contribution in [0.15, 0.2) is 36.4 Å². The molecule has 0 saturated carbocycles. The second-order valence-electron chi connectivity index (χ2n) is 3.66. The molecule has 0 aliphatic heterocycles. The fourth-order valence-electron chi connectivity index (χ4n) is 1.75. The zero-order valence-electron chi connectivity index (χ0n) is 9.58. The van der Waals surface area contributed by atoms with E-state index in [0.717, 1.165) is 0 Å². The van der Waals surface area contributed by atoms with Gasteiger partial charge in [0.25, 0.3) is 0 Å². The number of para-hydroxylation sites is 1. The zero-order chi connectivity index (χ0) is 13.1.